The lowest BCUT2D eigenvalue weighted by atomic mass is 9.95. The third kappa shape index (κ3) is 4.35. The second kappa shape index (κ2) is 8.82. The van der Waals surface area contributed by atoms with Crippen LogP contribution in [0.3, 0.4) is 0 Å². The maximum atomic E-state index is 12.8. The van der Waals surface area contributed by atoms with Crippen LogP contribution in [-0.2, 0) is 4.79 Å². The van der Waals surface area contributed by atoms with E-state index >= 15 is 0 Å². The molecule has 5 nitrogen and oxygen atoms in total. The van der Waals surface area contributed by atoms with Crippen molar-refractivity contribution < 1.29 is 9.59 Å². The molecule has 0 atom stereocenters. The second-order valence-electron chi connectivity index (χ2n) is 7.59. The zero-order chi connectivity index (χ0) is 20.9. The van der Waals surface area contributed by atoms with Crippen molar-refractivity contribution in [2.45, 2.75) is 12.8 Å². The van der Waals surface area contributed by atoms with Crippen molar-refractivity contribution in [1.29, 1.82) is 0 Å². The zero-order valence-corrected chi connectivity index (χ0v) is 16.8. The number of benzene rings is 3. The lowest BCUT2D eigenvalue weighted by Crippen LogP contribution is -2.41. The number of hydrogen-bond acceptors (Lipinski definition) is 3. The van der Waals surface area contributed by atoms with E-state index in [1.165, 1.54) is 0 Å². The Hall–Kier alpha value is -3.60. The van der Waals surface area contributed by atoms with Crippen molar-refractivity contribution in [2.75, 3.05) is 24.1 Å². The molecule has 3 aromatic rings. The minimum Gasteiger partial charge on any atom is -0.397 e. The summed E-state index contributed by atoms with van der Waals surface area (Å²) in [7, 11) is 0. The number of nitrogens with zero attached hydrogens (tertiary/aromatic N) is 1. The van der Waals surface area contributed by atoms with Crippen molar-refractivity contribution >= 4 is 23.2 Å². The Morgan fingerprint density at radius 1 is 0.833 bits per heavy atom. The Kier molecular flexibility index (Phi) is 5.80. The van der Waals surface area contributed by atoms with Gasteiger partial charge in [0.25, 0.3) is 5.91 Å². The standard InChI is InChI=1S/C25H25N3O2/c26-22-12-11-21(18-7-3-1-4-8-18)17-23(22)27-24(29)19-13-15-28(16-14-19)25(30)20-9-5-2-6-10-20/h1-12,17,19H,13-16,26H2,(H,27,29). The molecule has 1 aliphatic rings. The third-order valence-electron chi connectivity index (χ3n) is 5.59. The SMILES string of the molecule is Nc1ccc(-c2ccccc2)cc1NC(=O)C1CCN(C(=O)c2ccccc2)CC1. The number of nitrogen functional groups attached to an aromatic ring is 1. The predicted octanol–water partition coefficient (Wildman–Crippen LogP) is 4.43. The van der Waals surface area contributed by atoms with E-state index in [0.29, 0.717) is 42.9 Å². The van der Waals surface area contributed by atoms with E-state index in [1.807, 2.05) is 83.8 Å². The molecule has 152 valence electrons. The number of nitrogens with one attached hydrogen (secondary N) is 1. The van der Waals surface area contributed by atoms with Crippen LogP contribution in [0.25, 0.3) is 11.1 Å². The number of amides is 2. The number of anilines is 2. The first kappa shape index (κ1) is 19.7. The average Bonchev–Trinajstić information content (AvgIpc) is 2.81. The number of piperidine rings is 1. The molecule has 5 heteroatoms. The fourth-order valence-electron chi connectivity index (χ4n) is 3.82. The van der Waals surface area contributed by atoms with Gasteiger partial charge in [-0.1, -0.05) is 54.6 Å². The topological polar surface area (TPSA) is 75.4 Å². The zero-order valence-electron chi connectivity index (χ0n) is 16.8. The fourth-order valence-corrected chi connectivity index (χ4v) is 3.82. The molecule has 0 spiro atoms. The van der Waals surface area contributed by atoms with Crippen molar-refractivity contribution in [3.05, 3.63) is 84.4 Å². The summed E-state index contributed by atoms with van der Waals surface area (Å²) in [6, 6.07) is 24.9. The Balaban J connectivity index is 1.39. The summed E-state index contributed by atoms with van der Waals surface area (Å²) < 4.78 is 0. The summed E-state index contributed by atoms with van der Waals surface area (Å²) >= 11 is 0. The van der Waals surface area contributed by atoms with Gasteiger partial charge in [-0.15, -0.1) is 0 Å². The van der Waals surface area contributed by atoms with Crippen LogP contribution >= 0.6 is 0 Å². The molecule has 1 heterocycles. The molecule has 4 rings (SSSR count). The largest absolute Gasteiger partial charge is 0.397 e. The first-order valence-corrected chi connectivity index (χ1v) is 10.2. The molecule has 2 amide bonds. The first-order valence-electron chi connectivity index (χ1n) is 10.2. The fraction of sp³-hybridized carbons (Fsp3) is 0.200. The minimum absolute atomic E-state index is 0.0225. The highest BCUT2D eigenvalue weighted by atomic mass is 16.2. The molecule has 3 N–H and O–H groups in total. The van der Waals surface area contributed by atoms with Gasteiger partial charge in [-0.3, -0.25) is 9.59 Å². The monoisotopic (exact) mass is 399 g/mol. The van der Waals surface area contributed by atoms with Crippen LogP contribution in [0.15, 0.2) is 78.9 Å². The molecular weight excluding hydrogens is 374 g/mol. The van der Waals surface area contributed by atoms with Gasteiger partial charge in [-0.05, 0) is 48.2 Å². The van der Waals surface area contributed by atoms with Gasteiger partial charge in [-0.2, -0.15) is 0 Å². The highest BCUT2D eigenvalue weighted by molar-refractivity contribution is 5.97. The Morgan fingerprint density at radius 2 is 1.47 bits per heavy atom. The van der Waals surface area contributed by atoms with E-state index in [-0.39, 0.29) is 17.7 Å². The smallest absolute Gasteiger partial charge is 0.253 e. The van der Waals surface area contributed by atoms with Crippen molar-refractivity contribution in [1.82, 2.24) is 4.90 Å². The average molecular weight is 399 g/mol. The quantitative estimate of drug-likeness (QED) is 0.638. The van der Waals surface area contributed by atoms with Crippen LogP contribution in [0.2, 0.25) is 0 Å². The number of hydrogen-bond donors (Lipinski definition) is 2. The van der Waals surface area contributed by atoms with Crippen LogP contribution < -0.4 is 11.1 Å². The molecule has 0 bridgehead atoms. The van der Waals surface area contributed by atoms with E-state index < -0.39 is 0 Å². The predicted molar refractivity (Wildman–Crippen MR) is 120 cm³/mol. The van der Waals surface area contributed by atoms with E-state index in [0.717, 1.165) is 11.1 Å². The van der Waals surface area contributed by atoms with Gasteiger partial charge >= 0.3 is 0 Å². The van der Waals surface area contributed by atoms with Gasteiger partial charge < -0.3 is 16.0 Å². The molecule has 0 radical (unpaired) electrons. The van der Waals surface area contributed by atoms with Gasteiger partial charge in [0.1, 0.15) is 0 Å². The number of likely N-dealkylation sites (tertiary alicyclic amines) is 1. The number of nitrogens with two attached hydrogens (primary N) is 1. The molecule has 1 fully saturated rings. The van der Waals surface area contributed by atoms with Gasteiger partial charge in [0.2, 0.25) is 5.91 Å². The highest BCUT2D eigenvalue weighted by Crippen LogP contribution is 2.28. The third-order valence-corrected chi connectivity index (χ3v) is 5.59. The van der Waals surface area contributed by atoms with E-state index in [4.69, 9.17) is 5.73 Å². The summed E-state index contributed by atoms with van der Waals surface area (Å²) in [6.45, 7) is 1.15. The van der Waals surface area contributed by atoms with E-state index in [1.54, 1.807) is 0 Å². The van der Waals surface area contributed by atoms with Gasteiger partial charge in [0.15, 0.2) is 0 Å². The number of carbonyl (C=O) groups is 2. The summed E-state index contributed by atoms with van der Waals surface area (Å²) in [5.74, 6) is -0.155. The molecule has 0 aliphatic carbocycles. The van der Waals surface area contributed by atoms with Crippen molar-refractivity contribution in [2.24, 2.45) is 5.92 Å². The van der Waals surface area contributed by atoms with Crippen molar-refractivity contribution in [3.63, 3.8) is 0 Å². The highest BCUT2D eigenvalue weighted by Gasteiger charge is 2.28. The Morgan fingerprint density at radius 3 is 2.13 bits per heavy atom. The van der Waals surface area contributed by atoms with Crippen LogP contribution in [0.5, 0.6) is 0 Å². The summed E-state index contributed by atoms with van der Waals surface area (Å²) in [5, 5.41) is 3.00. The maximum Gasteiger partial charge on any atom is 0.253 e. The van der Waals surface area contributed by atoms with E-state index in [2.05, 4.69) is 5.32 Å². The van der Waals surface area contributed by atoms with E-state index in [9.17, 15) is 9.59 Å². The minimum atomic E-state index is -0.135. The van der Waals surface area contributed by atoms with Gasteiger partial charge in [-0.25, -0.2) is 0 Å². The van der Waals surface area contributed by atoms with Crippen LogP contribution in [0.1, 0.15) is 23.2 Å². The lowest BCUT2D eigenvalue weighted by Gasteiger charge is -2.31. The van der Waals surface area contributed by atoms with Crippen LogP contribution in [-0.4, -0.2) is 29.8 Å². The number of rotatable bonds is 4. The first-order chi connectivity index (χ1) is 14.6. The lowest BCUT2D eigenvalue weighted by molar-refractivity contribution is -0.121. The summed E-state index contributed by atoms with van der Waals surface area (Å²) in [6.07, 6.45) is 1.28. The molecule has 1 aliphatic heterocycles. The van der Waals surface area contributed by atoms with Crippen molar-refractivity contribution in [3.8, 4) is 11.1 Å². The molecular formula is C25H25N3O2. The van der Waals surface area contributed by atoms with Crippen LogP contribution in [0.4, 0.5) is 11.4 Å². The molecule has 3 aromatic carbocycles. The van der Waals surface area contributed by atoms with Gasteiger partial charge in [0.05, 0.1) is 11.4 Å². The molecule has 0 aromatic heterocycles. The molecule has 1 saturated heterocycles. The normalized spacial score (nSPS) is 14.3. The Bertz CT molecular complexity index is 1030. The van der Waals surface area contributed by atoms with Crippen LogP contribution in [0, 0.1) is 5.92 Å². The maximum absolute atomic E-state index is 12.8. The second-order valence-corrected chi connectivity index (χ2v) is 7.59. The molecule has 0 unspecified atom stereocenters. The molecule has 0 saturated carbocycles. The number of carbonyl (C=O) groups excluding carboxylic acids is 2. The summed E-state index contributed by atoms with van der Waals surface area (Å²) in [5.41, 5.74) is 10.0. The van der Waals surface area contributed by atoms with Gasteiger partial charge in [0, 0.05) is 24.6 Å². The summed E-state index contributed by atoms with van der Waals surface area (Å²) in [4.78, 5) is 27.3. The molecule has 30 heavy (non-hydrogen) atoms. The Labute approximate surface area is 176 Å².